The van der Waals surface area contributed by atoms with E-state index in [1.54, 1.807) is 6.07 Å². The molecule has 0 saturated heterocycles. The van der Waals surface area contributed by atoms with Gasteiger partial charge in [0.15, 0.2) is 0 Å². The summed E-state index contributed by atoms with van der Waals surface area (Å²) in [6.45, 7) is 3.35. The largest absolute Gasteiger partial charge is 0.480 e. The second-order valence-corrected chi connectivity index (χ2v) is 4.83. The number of aliphatic carboxylic acids is 1. The van der Waals surface area contributed by atoms with Gasteiger partial charge in [-0.1, -0.05) is 25.5 Å². The number of nitrogens with one attached hydrogen (secondary N) is 2. The fourth-order valence-corrected chi connectivity index (χ4v) is 1.92. The summed E-state index contributed by atoms with van der Waals surface area (Å²) in [5, 5.41) is 25.1. The van der Waals surface area contributed by atoms with Gasteiger partial charge in [-0.2, -0.15) is 0 Å². The number of carboxylic acids is 1. The van der Waals surface area contributed by atoms with Crippen LogP contribution in [0.2, 0.25) is 0 Å². The summed E-state index contributed by atoms with van der Waals surface area (Å²) < 4.78 is 0. The van der Waals surface area contributed by atoms with Gasteiger partial charge in [0.05, 0.1) is 11.0 Å². The lowest BCUT2D eigenvalue weighted by atomic mass is 10.1. The highest BCUT2D eigenvalue weighted by molar-refractivity contribution is 5.96. The molecule has 0 radical (unpaired) electrons. The second kappa shape index (κ2) is 9.75. The number of carbonyl (C=O) groups excluding carboxylic acids is 1. The Labute approximate surface area is 139 Å². The molecule has 1 aromatic rings. The topological polar surface area (TPSA) is 122 Å². The van der Waals surface area contributed by atoms with Gasteiger partial charge in [-0.15, -0.1) is 12.4 Å². The lowest BCUT2D eigenvalue weighted by molar-refractivity contribution is -0.383. The summed E-state index contributed by atoms with van der Waals surface area (Å²) in [5.41, 5.74) is -0.139. The smallest absolute Gasteiger partial charge is 0.320 e. The van der Waals surface area contributed by atoms with Crippen LogP contribution in [0.3, 0.4) is 0 Å². The van der Waals surface area contributed by atoms with Gasteiger partial charge in [-0.05, 0) is 19.4 Å². The van der Waals surface area contributed by atoms with Gasteiger partial charge in [0, 0.05) is 6.07 Å². The van der Waals surface area contributed by atoms with Crippen molar-refractivity contribution in [2.45, 2.75) is 38.8 Å². The van der Waals surface area contributed by atoms with Crippen molar-refractivity contribution in [1.82, 2.24) is 5.32 Å². The van der Waals surface area contributed by atoms with E-state index in [9.17, 15) is 19.7 Å². The zero-order valence-electron chi connectivity index (χ0n) is 12.8. The number of benzene rings is 1. The molecule has 0 heterocycles. The van der Waals surface area contributed by atoms with Gasteiger partial charge in [-0.3, -0.25) is 25.0 Å². The van der Waals surface area contributed by atoms with Crippen LogP contribution in [0, 0.1) is 10.1 Å². The van der Waals surface area contributed by atoms with E-state index in [0.717, 1.165) is 0 Å². The molecule has 128 valence electrons. The minimum atomic E-state index is -1.04. The average molecular weight is 346 g/mol. The predicted molar refractivity (Wildman–Crippen MR) is 87.9 cm³/mol. The van der Waals surface area contributed by atoms with Crippen molar-refractivity contribution in [2.75, 3.05) is 5.32 Å². The first-order chi connectivity index (χ1) is 10.4. The third-order valence-corrected chi connectivity index (χ3v) is 3.08. The quantitative estimate of drug-likeness (QED) is 0.490. The number of carbonyl (C=O) groups is 2. The molecule has 2 unspecified atom stereocenters. The summed E-state index contributed by atoms with van der Waals surface area (Å²) >= 11 is 0. The van der Waals surface area contributed by atoms with Gasteiger partial charge < -0.3 is 10.4 Å². The number of halogens is 1. The van der Waals surface area contributed by atoms with E-state index < -0.39 is 28.9 Å². The van der Waals surface area contributed by atoms with Crippen molar-refractivity contribution < 1.29 is 19.6 Å². The zero-order valence-corrected chi connectivity index (χ0v) is 13.6. The van der Waals surface area contributed by atoms with Crippen LogP contribution in [0.4, 0.5) is 11.4 Å². The molecule has 0 bridgehead atoms. The predicted octanol–water partition coefficient (Wildman–Crippen LogP) is 2.19. The molecule has 1 rings (SSSR count). The number of nitrogens with zero attached hydrogens (tertiary/aromatic N) is 1. The summed E-state index contributed by atoms with van der Waals surface area (Å²) in [4.78, 5) is 33.4. The van der Waals surface area contributed by atoms with Gasteiger partial charge in [0.1, 0.15) is 11.7 Å². The van der Waals surface area contributed by atoms with E-state index in [4.69, 9.17) is 5.11 Å². The van der Waals surface area contributed by atoms with Crippen LogP contribution in [0.1, 0.15) is 26.7 Å². The molecule has 2 atom stereocenters. The minimum Gasteiger partial charge on any atom is -0.480 e. The average Bonchev–Trinajstić information content (AvgIpc) is 2.46. The Balaban J connectivity index is 0.00000484. The van der Waals surface area contributed by atoms with Gasteiger partial charge in [-0.25, -0.2) is 0 Å². The monoisotopic (exact) mass is 345 g/mol. The van der Waals surface area contributed by atoms with Crippen LogP contribution in [-0.4, -0.2) is 34.0 Å². The summed E-state index contributed by atoms with van der Waals surface area (Å²) in [7, 11) is 0. The van der Waals surface area contributed by atoms with Crippen LogP contribution in [0.15, 0.2) is 24.3 Å². The van der Waals surface area contributed by atoms with Crippen LogP contribution >= 0.6 is 12.4 Å². The first-order valence-electron chi connectivity index (χ1n) is 6.90. The molecule has 0 aliphatic carbocycles. The first kappa shape index (κ1) is 20.8. The number of carboxylic acid groups (broad SMARTS) is 1. The highest BCUT2D eigenvalue weighted by atomic mass is 35.5. The number of nitro groups is 1. The van der Waals surface area contributed by atoms with Crippen molar-refractivity contribution in [2.24, 2.45) is 0 Å². The Morgan fingerprint density at radius 1 is 1.35 bits per heavy atom. The number of hydrogen-bond donors (Lipinski definition) is 3. The van der Waals surface area contributed by atoms with Gasteiger partial charge in [0.25, 0.3) is 5.69 Å². The van der Waals surface area contributed by atoms with Crippen LogP contribution < -0.4 is 10.6 Å². The maximum atomic E-state index is 12.1. The molecule has 1 aromatic carbocycles. The Hall–Kier alpha value is -2.19. The molecule has 3 N–H and O–H groups in total. The molecule has 8 nitrogen and oxygen atoms in total. The number of rotatable bonds is 8. The molecule has 23 heavy (non-hydrogen) atoms. The molecule has 0 saturated carbocycles. The first-order valence-corrected chi connectivity index (χ1v) is 6.90. The number of hydrogen-bond acceptors (Lipinski definition) is 5. The second-order valence-electron chi connectivity index (χ2n) is 4.83. The third kappa shape index (κ3) is 6.21. The van der Waals surface area contributed by atoms with E-state index in [2.05, 4.69) is 10.6 Å². The van der Waals surface area contributed by atoms with Gasteiger partial charge >= 0.3 is 5.97 Å². The molecular formula is C14H20ClN3O5. The standard InChI is InChI=1S/C14H19N3O5.ClH/c1-3-6-11(14(19)20)15-9(2)13(18)16-10-7-4-5-8-12(10)17(21)22;/h4-5,7-9,11,15H,3,6H2,1-2H3,(H,16,18)(H,19,20);1H. The minimum absolute atomic E-state index is 0. The highest BCUT2D eigenvalue weighted by Gasteiger charge is 2.23. The number of nitro benzene ring substituents is 1. The molecule has 0 aliphatic rings. The molecule has 1 amide bonds. The van der Waals surface area contributed by atoms with Crippen LogP contribution in [0.25, 0.3) is 0 Å². The molecule has 0 spiro atoms. The summed E-state index contributed by atoms with van der Waals surface area (Å²) in [6, 6.07) is 4.13. The van der Waals surface area contributed by atoms with Crippen molar-refractivity contribution >= 4 is 35.7 Å². The molecule has 0 fully saturated rings. The van der Waals surface area contributed by atoms with Crippen molar-refractivity contribution in [1.29, 1.82) is 0 Å². The number of anilines is 1. The van der Waals surface area contributed by atoms with Crippen molar-refractivity contribution in [3.63, 3.8) is 0 Å². The fourth-order valence-electron chi connectivity index (χ4n) is 1.92. The van der Waals surface area contributed by atoms with Crippen molar-refractivity contribution in [3.8, 4) is 0 Å². The molecular weight excluding hydrogens is 326 g/mol. The maximum Gasteiger partial charge on any atom is 0.320 e. The molecule has 0 aliphatic heterocycles. The normalized spacial score (nSPS) is 12.6. The van der Waals surface area contributed by atoms with E-state index in [1.165, 1.54) is 25.1 Å². The Bertz CT molecular complexity index is 567. The zero-order chi connectivity index (χ0) is 16.7. The SMILES string of the molecule is CCCC(NC(C)C(=O)Nc1ccccc1[N+](=O)[O-])C(=O)O.Cl. The van der Waals surface area contributed by atoms with E-state index >= 15 is 0 Å². The Morgan fingerprint density at radius 2 is 1.96 bits per heavy atom. The molecule has 0 aromatic heterocycles. The third-order valence-electron chi connectivity index (χ3n) is 3.08. The molecule has 9 heteroatoms. The Morgan fingerprint density at radius 3 is 2.48 bits per heavy atom. The Kier molecular flexibility index (Phi) is 8.82. The van der Waals surface area contributed by atoms with Crippen molar-refractivity contribution in [3.05, 3.63) is 34.4 Å². The number of amides is 1. The lowest BCUT2D eigenvalue weighted by Crippen LogP contribution is -2.47. The van der Waals surface area contributed by atoms with E-state index in [1.807, 2.05) is 6.92 Å². The highest BCUT2D eigenvalue weighted by Crippen LogP contribution is 2.23. The maximum absolute atomic E-state index is 12.1. The summed E-state index contributed by atoms with van der Waals surface area (Å²) in [6.07, 6.45) is 1.04. The fraction of sp³-hybridized carbons (Fsp3) is 0.429. The van der Waals surface area contributed by atoms with E-state index in [0.29, 0.717) is 12.8 Å². The van der Waals surface area contributed by atoms with Gasteiger partial charge in [0.2, 0.25) is 5.91 Å². The number of para-hydroxylation sites is 2. The summed E-state index contributed by atoms with van der Waals surface area (Å²) in [5.74, 6) is -1.57. The lowest BCUT2D eigenvalue weighted by Gasteiger charge is -2.19. The van der Waals surface area contributed by atoms with E-state index in [-0.39, 0.29) is 23.8 Å². The van der Waals surface area contributed by atoms with Crippen LogP contribution in [-0.2, 0) is 9.59 Å². The van der Waals surface area contributed by atoms with Crippen LogP contribution in [0.5, 0.6) is 0 Å².